The Morgan fingerprint density at radius 3 is 2.47 bits per heavy atom. The maximum atomic E-state index is 11.5. The van der Waals surface area contributed by atoms with Crippen molar-refractivity contribution >= 4 is 6.09 Å². The summed E-state index contributed by atoms with van der Waals surface area (Å²) in [5.74, 6) is 0. The summed E-state index contributed by atoms with van der Waals surface area (Å²) in [6.07, 6.45) is 4.84. The highest BCUT2D eigenvalue weighted by atomic mass is 16.6. The van der Waals surface area contributed by atoms with Crippen LogP contribution in [0.4, 0.5) is 4.79 Å². The van der Waals surface area contributed by atoms with E-state index in [-0.39, 0.29) is 12.1 Å². The van der Waals surface area contributed by atoms with Gasteiger partial charge in [-0.05, 0) is 40.5 Å². The third-order valence-electron chi connectivity index (χ3n) is 2.83. The number of ether oxygens (including phenoxy) is 1. The summed E-state index contributed by atoms with van der Waals surface area (Å²) in [6.45, 7) is 8.41. The topological polar surface area (TPSA) is 50.4 Å². The van der Waals surface area contributed by atoms with Crippen LogP contribution in [0.1, 0.15) is 53.4 Å². The zero-order valence-corrected chi connectivity index (χ0v) is 11.5. The molecule has 1 saturated carbocycles. The predicted molar refractivity (Wildman–Crippen MR) is 69.1 cm³/mol. The van der Waals surface area contributed by atoms with Gasteiger partial charge in [-0.2, -0.15) is 0 Å². The van der Waals surface area contributed by atoms with Crippen LogP contribution >= 0.6 is 0 Å². The maximum absolute atomic E-state index is 11.5. The molecule has 0 heterocycles. The highest BCUT2D eigenvalue weighted by Gasteiger charge is 2.19. The molecule has 0 radical (unpaired) electrons. The zero-order chi connectivity index (χ0) is 12.9. The first kappa shape index (κ1) is 14.3. The Hall–Kier alpha value is -0.770. The van der Waals surface area contributed by atoms with Crippen molar-refractivity contribution in [1.29, 1.82) is 0 Å². The van der Waals surface area contributed by atoms with E-state index in [2.05, 4.69) is 10.6 Å². The van der Waals surface area contributed by atoms with Crippen molar-refractivity contribution in [2.75, 3.05) is 6.54 Å². The van der Waals surface area contributed by atoms with Gasteiger partial charge >= 0.3 is 6.09 Å². The monoisotopic (exact) mass is 242 g/mol. The third kappa shape index (κ3) is 6.51. The van der Waals surface area contributed by atoms with Crippen LogP contribution < -0.4 is 10.6 Å². The van der Waals surface area contributed by atoms with E-state index in [0.717, 1.165) is 6.54 Å². The van der Waals surface area contributed by atoms with Crippen molar-refractivity contribution in [2.45, 2.75) is 71.1 Å². The van der Waals surface area contributed by atoms with Crippen LogP contribution in [0.25, 0.3) is 0 Å². The summed E-state index contributed by atoms with van der Waals surface area (Å²) in [5.41, 5.74) is -0.428. The van der Waals surface area contributed by atoms with Gasteiger partial charge in [0.05, 0.1) is 0 Å². The number of nitrogens with one attached hydrogen (secondary N) is 2. The summed E-state index contributed by atoms with van der Waals surface area (Å²) in [5, 5.41) is 6.32. The average Bonchev–Trinajstić information content (AvgIpc) is 2.63. The molecule has 0 aromatic rings. The van der Waals surface area contributed by atoms with Gasteiger partial charge in [-0.25, -0.2) is 4.79 Å². The number of carbonyl (C=O) groups excluding carboxylic acids is 1. The number of amides is 1. The zero-order valence-electron chi connectivity index (χ0n) is 11.5. The van der Waals surface area contributed by atoms with Crippen molar-refractivity contribution < 1.29 is 9.53 Å². The average molecular weight is 242 g/mol. The van der Waals surface area contributed by atoms with E-state index < -0.39 is 5.60 Å². The van der Waals surface area contributed by atoms with Crippen molar-refractivity contribution in [3.05, 3.63) is 0 Å². The van der Waals surface area contributed by atoms with Crippen LogP contribution in [0, 0.1) is 0 Å². The van der Waals surface area contributed by atoms with Gasteiger partial charge < -0.3 is 15.4 Å². The van der Waals surface area contributed by atoms with E-state index in [0.29, 0.717) is 6.04 Å². The second kappa shape index (κ2) is 6.24. The van der Waals surface area contributed by atoms with Crippen molar-refractivity contribution in [2.24, 2.45) is 0 Å². The van der Waals surface area contributed by atoms with Gasteiger partial charge in [-0.1, -0.05) is 12.8 Å². The van der Waals surface area contributed by atoms with E-state index in [9.17, 15) is 4.79 Å². The Kier molecular flexibility index (Phi) is 5.25. The molecule has 0 spiro atoms. The van der Waals surface area contributed by atoms with Gasteiger partial charge in [0.2, 0.25) is 0 Å². The largest absolute Gasteiger partial charge is 0.444 e. The normalized spacial score (nSPS) is 19.1. The van der Waals surface area contributed by atoms with Gasteiger partial charge in [-0.3, -0.25) is 0 Å². The molecule has 1 amide bonds. The second-order valence-electron chi connectivity index (χ2n) is 5.94. The first-order valence-electron chi connectivity index (χ1n) is 6.60. The van der Waals surface area contributed by atoms with E-state index in [1.54, 1.807) is 0 Å². The van der Waals surface area contributed by atoms with Crippen LogP contribution in [0.2, 0.25) is 0 Å². The molecule has 0 bridgehead atoms. The van der Waals surface area contributed by atoms with Gasteiger partial charge in [0.15, 0.2) is 0 Å². The molecule has 0 saturated heterocycles. The van der Waals surface area contributed by atoms with E-state index in [1.165, 1.54) is 25.7 Å². The summed E-state index contributed by atoms with van der Waals surface area (Å²) in [7, 11) is 0. The van der Waals surface area contributed by atoms with Crippen molar-refractivity contribution in [1.82, 2.24) is 10.6 Å². The summed E-state index contributed by atoms with van der Waals surface area (Å²) >= 11 is 0. The molecular weight excluding hydrogens is 216 g/mol. The van der Waals surface area contributed by atoms with Crippen LogP contribution in [0.3, 0.4) is 0 Å². The van der Waals surface area contributed by atoms with Crippen LogP contribution in [0.5, 0.6) is 0 Å². The third-order valence-corrected chi connectivity index (χ3v) is 2.83. The number of hydrogen-bond donors (Lipinski definition) is 2. The lowest BCUT2D eigenvalue weighted by Crippen LogP contribution is -2.44. The lowest BCUT2D eigenvalue weighted by atomic mass is 10.2. The number of hydrogen-bond acceptors (Lipinski definition) is 3. The summed E-state index contributed by atoms with van der Waals surface area (Å²) < 4.78 is 5.20. The standard InChI is InChI=1S/C13H26N2O2/c1-10(9-14-11-7-5-6-8-11)15-12(16)17-13(2,3)4/h10-11,14H,5-9H2,1-4H3,(H,15,16). The molecule has 100 valence electrons. The van der Waals surface area contributed by atoms with Crippen molar-refractivity contribution in [3.8, 4) is 0 Å². The molecule has 1 atom stereocenters. The molecule has 1 unspecified atom stereocenters. The Morgan fingerprint density at radius 1 is 1.35 bits per heavy atom. The van der Waals surface area contributed by atoms with Crippen LogP contribution in [-0.2, 0) is 4.74 Å². The molecular formula is C13H26N2O2. The van der Waals surface area contributed by atoms with Crippen LogP contribution in [0.15, 0.2) is 0 Å². The lowest BCUT2D eigenvalue weighted by Gasteiger charge is -2.23. The maximum Gasteiger partial charge on any atom is 0.407 e. The Labute approximate surface area is 104 Å². The molecule has 17 heavy (non-hydrogen) atoms. The summed E-state index contributed by atoms with van der Waals surface area (Å²) in [4.78, 5) is 11.5. The number of rotatable bonds is 4. The highest BCUT2D eigenvalue weighted by molar-refractivity contribution is 5.68. The molecule has 0 aliphatic heterocycles. The minimum atomic E-state index is -0.428. The molecule has 1 rings (SSSR count). The Balaban J connectivity index is 2.15. The molecule has 4 nitrogen and oxygen atoms in total. The fraction of sp³-hybridized carbons (Fsp3) is 0.923. The molecule has 4 heteroatoms. The van der Waals surface area contributed by atoms with Gasteiger partial charge in [0.25, 0.3) is 0 Å². The predicted octanol–water partition coefficient (Wildman–Crippen LogP) is 2.43. The van der Waals surface area contributed by atoms with Gasteiger partial charge in [0.1, 0.15) is 5.60 Å². The lowest BCUT2D eigenvalue weighted by molar-refractivity contribution is 0.0507. The van der Waals surface area contributed by atoms with Crippen molar-refractivity contribution in [3.63, 3.8) is 0 Å². The molecule has 0 aromatic carbocycles. The quantitative estimate of drug-likeness (QED) is 0.796. The first-order valence-corrected chi connectivity index (χ1v) is 6.60. The molecule has 1 fully saturated rings. The number of alkyl carbamates (subject to hydrolysis) is 1. The Morgan fingerprint density at radius 2 is 1.94 bits per heavy atom. The fourth-order valence-corrected chi connectivity index (χ4v) is 2.03. The molecule has 1 aliphatic carbocycles. The van der Waals surface area contributed by atoms with Crippen LogP contribution in [-0.4, -0.2) is 30.3 Å². The minimum Gasteiger partial charge on any atom is -0.444 e. The molecule has 2 N–H and O–H groups in total. The Bertz CT molecular complexity index is 242. The van der Waals surface area contributed by atoms with Gasteiger partial charge in [-0.15, -0.1) is 0 Å². The smallest absolute Gasteiger partial charge is 0.407 e. The summed E-state index contributed by atoms with van der Waals surface area (Å²) in [6, 6.07) is 0.739. The first-order chi connectivity index (χ1) is 7.87. The SMILES string of the molecule is CC(CNC1CCCC1)NC(=O)OC(C)(C)C. The van der Waals surface area contributed by atoms with Gasteiger partial charge in [0, 0.05) is 18.6 Å². The number of carbonyl (C=O) groups is 1. The fourth-order valence-electron chi connectivity index (χ4n) is 2.03. The minimum absolute atomic E-state index is 0.102. The van der Waals surface area contributed by atoms with E-state index in [4.69, 9.17) is 4.74 Å². The van der Waals surface area contributed by atoms with E-state index >= 15 is 0 Å². The molecule has 0 aromatic heterocycles. The van der Waals surface area contributed by atoms with E-state index in [1.807, 2.05) is 27.7 Å². The highest BCUT2D eigenvalue weighted by Crippen LogP contribution is 2.17. The molecule has 1 aliphatic rings. The second-order valence-corrected chi connectivity index (χ2v) is 5.94.